The molecule has 0 spiro atoms. The summed E-state index contributed by atoms with van der Waals surface area (Å²) in [6.07, 6.45) is 3.05. The van der Waals surface area contributed by atoms with Gasteiger partial charge in [-0.05, 0) is 65.0 Å². The molecule has 1 saturated heterocycles. The molecule has 6 heteroatoms. The average Bonchev–Trinajstić information content (AvgIpc) is 3.14. The first-order valence-electron chi connectivity index (χ1n) is 11.7. The number of aryl methyl sites for hydroxylation is 2. The maximum absolute atomic E-state index is 12.4. The monoisotopic (exact) mass is 450 g/mol. The molecule has 1 atom stereocenters. The van der Waals surface area contributed by atoms with Gasteiger partial charge in [0.15, 0.2) is 6.10 Å². The molecule has 33 heavy (non-hydrogen) atoms. The number of rotatable bonds is 6. The van der Waals surface area contributed by atoms with E-state index in [2.05, 4.69) is 41.1 Å². The van der Waals surface area contributed by atoms with Gasteiger partial charge in [-0.15, -0.1) is 0 Å². The zero-order valence-electron chi connectivity index (χ0n) is 20.2. The predicted octanol–water partition coefficient (Wildman–Crippen LogP) is 5.69. The summed E-state index contributed by atoms with van der Waals surface area (Å²) in [7, 11) is 0. The van der Waals surface area contributed by atoms with Gasteiger partial charge >= 0.3 is 5.97 Å². The first-order chi connectivity index (χ1) is 15.6. The average molecular weight is 451 g/mol. The van der Waals surface area contributed by atoms with Crippen LogP contribution in [0.1, 0.15) is 56.5 Å². The topological polar surface area (TPSA) is 73.6 Å². The highest BCUT2D eigenvalue weighted by molar-refractivity contribution is 5.97. The van der Waals surface area contributed by atoms with E-state index in [0.29, 0.717) is 17.2 Å². The fourth-order valence-corrected chi connectivity index (χ4v) is 4.62. The van der Waals surface area contributed by atoms with E-state index in [-0.39, 0.29) is 0 Å². The van der Waals surface area contributed by atoms with Crippen LogP contribution in [0.2, 0.25) is 0 Å². The SMILES string of the molecule is Cc1ccc(-c2c([C@H](OC(C)(C)C)C(=O)O)c(C)nc3c2ccn3CC2CCOCC2)cc1. The van der Waals surface area contributed by atoms with Crippen LogP contribution in [0, 0.1) is 19.8 Å². The van der Waals surface area contributed by atoms with Crippen LogP contribution in [-0.2, 0) is 20.8 Å². The minimum absolute atomic E-state index is 0.551. The van der Waals surface area contributed by atoms with Crippen LogP contribution < -0.4 is 0 Å². The van der Waals surface area contributed by atoms with Gasteiger partial charge in [0, 0.05) is 48.2 Å². The van der Waals surface area contributed by atoms with Crippen LogP contribution in [0.4, 0.5) is 0 Å². The van der Waals surface area contributed by atoms with Gasteiger partial charge in [0.25, 0.3) is 0 Å². The molecule has 4 rings (SSSR count). The Hall–Kier alpha value is -2.70. The summed E-state index contributed by atoms with van der Waals surface area (Å²) in [4.78, 5) is 17.3. The lowest BCUT2D eigenvalue weighted by atomic mass is 9.92. The van der Waals surface area contributed by atoms with Crippen molar-refractivity contribution in [1.82, 2.24) is 9.55 Å². The van der Waals surface area contributed by atoms with Crippen molar-refractivity contribution < 1.29 is 19.4 Å². The number of fused-ring (bicyclic) bond motifs is 1. The zero-order valence-corrected chi connectivity index (χ0v) is 20.2. The summed E-state index contributed by atoms with van der Waals surface area (Å²) >= 11 is 0. The molecular weight excluding hydrogens is 416 g/mol. The number of aromatic nitrogens is 2. The molecule has 1 aromatic carbocycles. The molecule has 6 nitrogen and oxygen atoms in total. The zero-order chi connectivity index (χ0) is 23.8. The number of ether oxygens (including phenoxy) is 2. The van der Waals surface area contributed by atoms with E-state index in [0.717, 1.165) is 60.3 Å². The Bertz CT molecular complexity index is 1140. The van der Waals surface area contributed by atoms with E-state index >= 15 is 0 Å². The molecule has 0 bridgehead atoms. The molecule has 0 radical (unpaired) electrons. The second-order valence-corrected chi connectivity index (χ2v) is 10.1. The molecule has 0 saturated carbocycles. The molecule has 3 aromatic rings. The van der Waals surface area contributed by atoms with Crippen molar-refractivity contribution in [1.29, 1.82) is 0 Å². The van der Waals surface area contributed by atoms with Crippen LogP contribution in [0.5, 0.6) is 0 Å². The number of hydrogen-bond acceptors (Lipinski definition) is 4. The minimum Gasteiger partial charge on any atom is -0.479 e. The fraction of sp³-hybridized carbons (Fsp3) is 0.481. The molecule has 0 aliphatic carbocycles. The van der Waals surface area contributed by atoms with E-state index < -0.39 is 17.7 Å². The van der Waals surface area contributed by atoms with Gasteiger partial charge in [-0.2, -0.15) is 0 Å². The van der Waals surface area contributed by atoms with Crippen LogP contribution in [0.25, 0.3) is 22.2 Å². The number of carboxylic acid groups (broad SMARTS) is 1. The normalized spacial score (nSPS) is 16.3. The third kappa shape index (κ3) is 5.12. The summed E-state index contributed by atoms with van der Waals surface area (Å²) in [6.45, 7) is 12.1. The van der Waals surface area contributed by atoms with Crippen molar-refractivity contribution in [2.75, 3.05) is 13.2 Å². The second-order valence-electron chi connectivity index (χ2n) is 10.1. The smallest absolute Gasteiger partial charge is 0.337 e. The van der Waals surface area contributed by atoms with Crippen molar-refractivity contribution in [3.8, 4) is 11.1 Å². The van der Waals surface area contributed by atoms with Crippen molar-refractivity contribution >= 4 is 17.0 Å². The molecule has 0 unspecified atom stereocenters. The van der Waals surface area contributed by atoms with Crippen LogP contribution in [-0.4, -0.2) is 39.4 Å². The molecule has 1 fully saturated rings. The molecular formula is C27H34N2O4. The van der Waals surface area contributed by atoms with E-state index in [4.69, 9.17) is 14.5 Å². The molecule has 2 aromatic heterocycles. The maximum atomic E-state index is 12.4. The lowest BCUT2D eigenvalue weighted by molar-refractivity contribution is -0.160. The molecule has 1 N–H and O–H groups in total. The van der Waals surface area contributed by atoms with Crippen molar-refractivity contribution in [3.63, 3.8) is 0 Å². The molecule has 3 heterocycles. The summed E-state index contributed by atoms with van der Waals surface area (Å²) in [5.74, 6) is -0.459. The van der Waals surface area contributed by atoms with Gasteiger partial charge < -0.3 is 19.1 Å². The lowest BCUT2D eigenvalue weighted by Gasteiger charge is -2.28. The highest BCUT2D eigenvalue weighted by Crippen LogP contribution is 2.40. The van der Waals surface area contributed by atoms with Gasteiger partial charge in [-0.1, -0.05) is 29.8 Å². The molecule has 0 amide bonds. The summed E-state index contributed by atoms with van der Waals surface area (Å²) in [6, 6.07) is 10.3. The lowest BCUT2D eigenvalue weighted by Crippen LogP contribution is -2.28. The number of carboxylic acids is 1. The maximum Gasteiger partial charge on any atom is 0.337 e. The van der Waals surface area contributed by atoms with Gasteiger partial charge in [0.1, 0.15) is 5.65 Å². The number of aliphatic carboxylic acids is 1. The van der Waals surface area contributed by atoms with Gasteiger partial charge in [-0.3, -0.25) is 0 Å². The van der Waals surface area contributed by atoms with Crippen LogP contribution >= 0.6 is 0 Å². The van der Waals surface area contributed by atoms with E-state index in [1.807, 2.05) is 34.6 Å². The summed E-state index contributed by atoms with van der Waals surface area (Å²) in [5.41, 5.74) is 4.58. The van der Waals surface area contributed by atoms with Crippen LogP contribution in [0.3, 0.4) is 0 Å². The largest absolute Gasteiger partial charge is 0.479 e. The Morgan fingerprint density at radius 3 is 2.45 bits per heavy atom. The fourth-order valence-electron chi connectivity index (χ4n) is 4.62. The Kier molecular flexibility index (Phi) is 6.59. The van der Waals surface area contributed by atoms with Crippen molar-refractivity contribution in [2.45, 2.75) is 65.7 Å². The number of carbonyl (C=O) groups is 1. The molecule has 1 aliphatic heterocycles. The Balaban J connectivity index is 1.91. The standard InChI is InChI=1S/C27H34N2O4/c1-17-6-8-20(9-7-17)23-21-10-13-29(16-19-11-14-32-15-12-19)25(21)28-18(2)22(23)24(26(30)31)33-27(3,4)5/h6-10,13,19,24H,11-12,14-16H2,1-5H3,(H,30,31)/t24-/m0/s1. The highest BCUT2D eigenvalue weighted by atomic mass is 16.5. The van der Waals surface area contributed by atoms with Crippen molar-refractivity contribution in [2.24, 2.45) is 5.92 Å². The van der Waals surface area contributed by atoms with Crippen LogP contribution in [0.15, 0.2) is 36.5 Å². The summed E-state index contributed by atoms with van der Waals surface area (Å²) in [5, 5.41) is 11.1. The van der Waals surface area contributed by atoms with E-state index in [1.54, 1.807) is 0 Å². The first kappa shape index (κ1) is 23.5. The van der Waals surface area contributed by atoms with E-state index in [9.17, 15) is 9.90 Å². The van der Waals surface area contributed by atoms with Crippen molar-refractivity contribution in [3.05, 3.63) is 53.3 Å². The number of pyridine rings is 1. The minimum atomic E-state index is -1.11. The Morgan fingerprint density at radius 2 is 1.85 bits per heavy atom. The van der Waals surface area contributed by atoms with E-state index in [1.165, 1.54) is 0 Å². The van der Waals surface area contributed by atoms with Gasteiger partial charge in [0.2, 0.25) is 0 Å². The molecule has 176 valence electrons. The Labute approximate surface area is 195 Å². The van der Waals surface area contributed by atoms with Gasteiger partial charge in [-0.25, -0.2) is 9.78 Å². The third-order valence-electron chi connectivity index (χ3n) is 6.23. The Morgan fingerprint density at radius 1 is 1.18 bits per heavy atom. The summed E-state index contributed by atoms with van der Waals surface area (Å²) < 4.78 is 13.8. The predicted molar refractivity (Wildman–Crippen MR) is 129 cm³/mol. The quantitative estimate of drug-likeness (QED) is 0.522. The molecule has 1 aliphatic rings. The second kappa shape index (κ2) is 9.27. The third-order valence-corrected chi connectivity index (χ3v) is 6.23. The highest BCUT2D eigenvalue weighted by Gasteiger charge is 2.32. The first-order valence-corrected chi connectivity index (χ1v) is 11.7. The number of hydrogen-bond donors (Lipinski definition) is 1. The van der Waals surface area contributed by atoms with Gasteiger partial charge in [0.05, 0.1) is 5.60 Å². The number of benzene rings is 1. The number of nitrogens with zero attached hydrogens (tertiary/aromatic N) is 2.